The molecule has 7 nitrogen and oxygen atoms in total. The fourth-order valence-electron chi connectivity index (χ4n) is 3.40. The number of amides is 2. The number of carbonyl (C=O) groups is 2. The highest BCUT2D eigenvalue weighted by Gasteiger charge is 2.33. The van der Waals surface area contributed by atoms with Crippen LogP contribution in [0.5, 0.6) is 0 Å². The van der Waals surface area contributed by atoms with Crippen LogP contribution < -0.4 is 0 Å². The van der Waals surface area contributed by atoms with Gasteiger partial charge >= 0.3 is 0 Å². The first-order valence-electron chi connectivity index (χ1n) is 8.83. The average molecular weight is 357 g/mol. The minimum atomic E-state index is -0.338. The number of aromatic nitrogens is 3. The maximum atomic E-state index is 13.2. The Hall–Kier alpha value is -2.77. The zero-order chi connectivity index (χ0) is 18.1. The standard InChI is InChI=1S/C18H20FN5O2/c19-14-5-3-4-13(8-14)9-17(25)23-10-15(11-23)24-12-16(20-21-24)18(26)22-6-1-2-7-22/h3-5,8,12,15H,1-2,6-7,9-11H2. The normalized spacial score (nSPS) is 17.4. The Labute approximate surface area is 150 Å². The quantitative estimate of drug-likeness (QED) is 0.826. The molecular weight excluding hydrogens is 337 g/mol. The van der Waals surface area contributed by atoms with Crippen LogP contribution in [0.4, 0.5) is 4.39 Å². The van der Waals surface area contributed by atoms with Crippen molar-refractivity contribution in [2.45, 2.75) is 25.3 Å². The summed E-state index contributed by atoms with van der Waals surface area (Å²) in [5.41, 5.74) is 1.02. The largest absolute Gasteiger partial charge is 0.338 e. The lowest BCUT2D eigenvalue weighted by Crippen LogP contribution is -2.51. The summed E-state index contributed by atoms with van der Waals surface area (Å²) >= 11 is 0. The van der Waals surface area contributed by atoms with Crippen molar-refractivity contribution in [2.75, 3.05) is 26.2 Å². The third-order valence-electron chi connectivity index (χ3n) is 4.96. The summed E-state index contributed by atoms with van der Waals surface area (Å²) in [5, 5.41) is 8.04. The Balaban J connectivity index is 1.32. The van der Waals surface area contributed by atoms with Gasteiger partial charge in [-0.1, -0.05) is 17.3 Å². The molecule has 1 aromatic heterocycles. The first-order chi connectivity index (χ1) is 12.6. The van der Waals surface area contributed by atoms with E-state index in [0.29, 0.717) is 24.3 Å². The van der Waals surface area contributed by atoms with Crippen LogP contribution in [0.2, 0.25) is 0 Å². The number of halogens is 1. The van der Waals surface area contributed by atoms with Crippen molar-refractivity contribution in [3.05, 3.63) is 47.5 Å². The van der Waals surface area contributed by atoms with Crippen LogP contribution in [0.3, 0.4) is 0 Å². The fraction of sp³-hybridized carbons (Fsp3) is 0.444. The van der Waals surface area contributed by atoms with Crippen molar-refractivity contribution in [2.24, 2.45) is 0 Å². The van der Waals surface area contributed by atoms with Gasteiger partial charge in [-0.2, -0.15) is 0 Å². The summed E-state index contributed by atoms with van der Waals surface area (Å²) in [5.74, 6) is -0.456. The second-order valence-corrected chi connectivity index (χ2v) is 6.84. The summed E-state index contributed by atoms with van der Waals surface area (Å²) in [6.45, 7) is 2.60. The monoisotopic (exact) mass is 357 g/mol. The molecule has 2 saturated heterocycles. The van der Waals surface area contributed by atoms with E-state index in [4.69, 9.17) is 0 Å². The van der Waals surface area contributed by atoms with E-state index in [1.807, 2.05) is 0 Å². The van der Waals surface area contributed by atoms with Crippen molar-refractivity contribution in [3.63, 3.8) is 0 Å². The zero-order valence-electron chi connectivity index (χ0n) is 14.3. The molecule has 26 heavy (non-hydrogen) atoms. The summed E-state index contributed by atoms with van der Waals surface area (Å²) in [4.78, 5) is 28.1. The SMILES string of the molecule is O=C(Cc1cccc(F)c1)N1CC(n2cc(C(=O)N3CCCC3)nn2)C1. The molecule has 2 amide bonds. The van der Waals surface area contributed by atoms with E-state index in [9.17, 15) is 14.0 Å². The van der Waals surface area contributed by atoms with E-state index >= 15 is 0 Å². The molecule has 1 aromatic carbocycles. The predicted molar refractivity (Wildman–Crippen MR) is 90.9 cm³/mol. The number of benzene rings is 1. The molecule has 2 fully saturated rings. The minimum Gasteiger partial charge on any atom is -0.338 e. The van der Waals surface area contributed by atoms with Crippen molar-refractivity contribution in [1.82, 2.24) is 24.8 Å². The van der Waals surface area contributed by atoms with Crippen LogP contribution in [-0.2, 0) is 11.2 Å². The molecule has 136 valence electrons. The molecule has 0 radical (unpaired) electrons. The molecule has 0 saturated carbocycles. The molecule has 0 atom stereocenters. The van der Waals surface area contributed by atoms with E-state index in [-0.39, 0.29) is 30.1 Å². The topological polar surface area (TPSA) is 71.3 Å². The van der Waals surface area contributed by atoms with E-state index in [0.717, 1.165) is 25.9 Å². The second-order valence-electron chi connectivity index (χ2n) is 6.84. The Bertz CT molecular complexity index is 824. The molecule has 0 N–H and O–H groups in total. The molecule has 4 rings (SSSR count). The van der Waals surface area contributed by atoms with Crippen LogP contribution in [0, 0.1) is 5.82 Å². The lowest BCUT2D eigenvalue weighted by Gasteiger charge is -2.39. The predicted octanol–water partition coefficient (Wildman–Crippen LogP) is 1.28. The van der Waals surface area contributed by atoms with E-state index < -0.39 is 0 Å². The summed E-state index contributed by atoms with van der Waals surface area (Å²) in [6, 6.07) is 6.11. The summed E-state index contributed by atoms with van der Waals surface area (Å²) < 4.78 is 14.9. The molecule has 0 aliphatic carbocycles. The maximum Gasteiger partial charge on any atom is 0.276 e. The van der Waals surface area contributed by atoms with Crippen molar-refractivity contribution >= 4 is 11.8 Å². The molecular formula is C18H20FN5O2. The molecule has 0 bridgehead atoms. The van der Waals surface area contributed by atoms with Crippen LogP contribution >= 0.6 is 0 Å². The van der Waals surface area contributed by atoms with E-state index in [1.165, 1.54) is 12.1 Å². The summed E-state index contributed by atoms with van der Waals surface area (Å²) in [6.07, 6.45) is 3.91. The molecule has 3 heterocycles. The molecule has 8 heteroatoms. The van der Waals surface area contributed by atoms with Gasteiger partial charge in [-0.05, 0) is 30.5 Å². The third-order valence-corrected chi connectivity index (χ3v) is 4.96. The number of rotatable bonds is 4. The van der Waals surface area contributed by atoms with Crippen LogP contribution in [0.25, 0.3) is 0 Å². The minimum absolute atomic E-state index is 0.0269. The Morgan fingerprint density at radius 3 is 2.65 bits per heavy atom. The van der Waals surface area contributed by atoms with Gasteiger partial charge in [0.05, 0.1) is 18.7 Å². The number of likely N-dealkylation sites (tertiary alicyclic amines) is 2. The number of hydrogen-bond donors (Lipinski definition) is 0. The smallest absolute Gasteiger partial charge is 0.276 e. The lowest BCUT2D eigenvalue weighted by molar-refractivity contribution is -0.136. The number of hydrogen-bond acceptors (Lipinski definition) is 4. The Morgan fingerprint density at radius 2 is 1.92 bits per heavy atom. The number of nitrogens with zero attached hydrogens (tertiary/aromatic N) is 5. The highest BCUT2D eigenvalue weighted by atomic mass is 19.1. The van der Waals surface area contributed by atoms with Gasteiger partial charge in [0.2, 0.25) is 5.91 Å². The molecule has 0 unspecified atom stereocenters. The van der Waals surface area contributed by atoms with Gasteiger partial charge in [0, 0.05) is 26.2 Å². The van der Waals surface area contributed by atoms with E-state index in [1.54, 1.807) is 32.8 Å². The van der Waals surface area contributed by atoms with Gasteiger partial charge < -0.3 is 9.80 Å². The highest BCUT2D eigenvalue weighted by molar-refractivity contribution is 5.92. The molecule has 0 spiro atoms. The van der Waals surface area contributed by atoms with Gasteiger partial charge in [0.1, 0.15) is 5.82 Å². The van der Waals surface area contributed by atoms with Gasteiger partial charge in [0.25, 0.3) is 5.91 Å². The van der Waals surface area contributed by atoms with Gasteiger partial charge in [0.15, 0.2) is 5.69 Å². The molecule has 2 aliphatic heterocycles. The zero-order valence-corrected chi connectivity index (χ0v) is 14.3. The van der Waals surface area contributed by atoms with Crippen LogP contribution in [-0.4, -0.2) is 62.8 Å². The Morgan fingerprint density at radius 1 is 1.15 bits per heavy atom. The van der Waals surface area contributed by atoms with Crippen LogP contribution in [0.1, 0.15) is 34.9 Å². The average Bonchev–Trinajstić information content (AvgIpc) is 3.25. The van der Waals surface area contributed by atoms with Crippen molar-refractivity contribution < 1.29 is 14.0 Å². The molecule has 2 aromatic rings. The van der Waals surface area contributed by atoms with Crippen LogP contribution in [0.15, 0.2) is 30.5 Å². The first kappa shape index (κ1) is 16.7. The van der Waals surface area contributed by atoms with E-state index in [2.05, 4.69) is 10.3 Å². The first-order valence-corrected chi connectivity index (χ1v) is 8.83. The van der Waals surface area contributed by atoms with Gasteiger partial charge in [-0.3, -0.25) is 9.59 Å². The van der Waals surface area contributed by atoms with Crippen molar-refractivity contribution in [3.8, 4) is 0 Å². The van der Waals surface area contributed by atoms with Gasteiger partial charge in [-0.25, -0.2) is 9.07 Å². The maximum absolute atomic E-state index is 13.2. The Kier molecular flexibility index (Phi) is 4.40. The second kappa shape index (κ2) is 6.86. The van der Waals surface area contributed by atoms with Gasteiger partial charge in [-0.15, -0.1) is 5.10 Å². The summed E-state index contributed by atoms with van der Waals surface area (Å²) in [7, 11) is 0. The number of carbonyl (C=O) groups excluding carboxylic acids is 2. The van der Waals surface area contributed by atoms with Crippen molar-refractivity contribution in [1.29, 1.82) is 0 Å². The highest BCUT2D eigenvalue weighted by Crippen LogP contribution is 2.22. The lowest BCUT2D eigenvalue weighted by atomic mass is 10.1. The fourth-order valence-corrected chi connectivity index (χ4v) is 3.40. The third kappa shape index (κ3) is 3.31. The molecule has 2 aliphatic rings.